The molecule has 6 nitrogen and oxygen atoms in total. The SMILES string of the molecule is COc1ccc2ncc(Cl)c([C@H](O)CCC3(CC(=O)O)CCN(CCSc4c(F)cc(F)cc4F)CC3)c2c1. The molecule has 2 aromatic carbocycles. The molecular formula is C28H30ClF3N2O4S. The van der Waals surface area contributed by atoms with Crippen molar-refractivity contribution in [2.24, 2.45) is 5.41 Å². The van der Waals surface area contributed by atoms with Gasteiger partial charge in [0.15, 0.2) is 0 Å². The third-order valence-electron chi connectivity index (χ3n) is 7.41. The maximum atomic E-state index is 13.9. The molecule has 0 bridgehead atoms. The van der Waals surface area contributed by atoms with Crippen molar-refractivity contribution in [1.29, 1.82) is 0 Å². The van der Waals surface area contributed by atoms with Crippen LogP contribution in [0.4, 0.5) is 13.2 Å². The van der Waals surface area contributed by atoms with Crippen LogP contribution in [0.1, 0.15) is 43.8 Å². The number of carbonyl (C=O) groups is 1. The van der Waals surface area contributed by atoms with Crippen LogP contribution in [0.25, 0.3) is 10.9 Å². The van der Waals surface area contributed by atoms with E-state index in [1.54, 1.807) is 25.3 Å². The Hall–Kier alpha value is -2.53. The number of rotatable bonds is 11. The van der Waals surface area contributed by atoms with Crippen molar-refractivity contribution < 1.29 is 32.9 Å². The number of methoxy groups -OCH3 is 1. The number of halogens is 4. The van der Waals surface area contributed by atoms with Gasteiger partial charge in [-0.3, -0.25) is 9.78 Å². The summed E-state index contributed by atoms with van der Waals surface area (Å²) in [6.45, 7) is 1.79. The molecule has 4 rings (SSSR count). The average Bonchev–Trinajstić information content (AvgIpc) is 2.89. The lowest BCUT2D eigenvalue weighted by atomic mass is 9.71. The average molecular weight is 583 g/mol. The smallest absolute Gasteiger partial charge is 0.303 e. The molecule has 0 saturated carbocycles. The van der Waals surface area contributed by atoms with E-state index in [1.165, 1.54) is 6.20 Å². The van der Waals surface area contributed by atoms with Crippen molar-refractivity contribution in [1.82, 2.24) is 9.88 Å². The number of carboxylic acid groups (broad SMARTS) is 1. The number of piperidine rings is 1. The van der Waals surface area contributed by atoms with Crippen molar-refractivity contribution in [3.05, 3.63) is 64.6 Å². The molecule has 0 aliphatic carbocycles. The molecule has 1 aromatic heterocycles. The molecule has 11 heteroatoms. The summed E-state index contributed by atoms with van der Waals surface area (Å²) in [6, 6.07) is 6.68. The van der Waals surface area contributed by atoms with Crippen LogP contribution in [-0.2, 0) is 4.79 Å². The highest BCUT2D eigenvalue weighted by Crippen LogP contribution is 2.43. The van der Waals surface area contributed by atoms with Crippen molar-refractivity contribution in [2.45, 2.75) is 43.1 Å². The van der Waals surface area contributed by atoms with Gasteiger partial charge in [-0.15, -0.1) is 11.8 Å². The van der Waals surface area contributed by atoms with Gasteiger partial charge in [0.2, 0.25) is 0 Å². The first-order chi connectivity index (χ1) is 18.6. The second kappa shape index (κ2) is 12.8. The minimum Gasteiger partial charge on any atom is -0.497 e. The number of aliphatic hydroxyl groups excluding tert-OH is 1. The molecule has 1 fully saturated rings. The Labute approximate surface area is 234 Å². The second-order valence-corrected chi connectivity index (χ2v) is 11.4. The number of aromatic nitrogens is 1. The quantitative estimate of drug-likeness (QED) is 0.250. The van der Waals surface area contributed by atoms with Gasteiger partial charge < -0.3 is 19.8 Å². The number of hydrogen-bond acceptors (Lipinski definition) is 6. The number of aliphatic hydroxyl groups is 1. The van der Waals surface area contributed by atoms with E-state index in [2.05, 4.69) is 9.88 Å². The maximum absolute atomic E-state index is 13.9. The largest absolute Gasteiger partial charge is 0.497 e. The summed E-state index contributed by atoms with van der Waals surface area (Å²) in [5.41, 5.74) is 0.709. The minimum absolute atomic E-state index is 0.0209. The Balaban J connectivity index is 1.39. The Kier molecular flexibility index (Phi) is 9.64. The topological polar surface area (TPSA) is 82.9 Å². The number of benzene rings is 2. The van der Waals surface area contributed by atoms with Crippen LogP contribution in [0.2, 0.25) is 5.02 Å². The zero-order valence-electron chi connectivity index (χ0n) is 21.4. The van der Waals surface area contributed by atoms with Crippen molar-refractivity contribution in [3.8, 4) is 5.75 Å². The lowest BCUT2D eigenvalue weighted by molar-refractivity contribution is -0.141. The summed E-state index contributed by atoms with van der Waals surface area (Å²) in [5, 5.41) is 21.8. The molecule has 0 unspecified atom stereocenters. The maximum Gasteiger partial charge on any atom is 0.303 e. The van der Waals surface area contributed by atoms with E-state index in [1.807, 2.05) is 0 Å². The molecule has 0 amide bonds. The standard InChI is InChI=1S/C28H30ClF3N2O4S/c1-38-18-2-3-23-19(14-18)26(20(29)16-33-23)24(35)4-5-28(15-25(36)37)6-8-34(9-7-28)10-11-39-27-21(31)12-17(30)13-22(27)32/h2-3,12-14,16,24,35H,4-11,15H2,1H3,(H,36,37)/t24-/m1/s1. The molecule has 1 saturated heterocycles. The predicted molar refractivity (Wildman–Crippen MR) is 145 cm³/mol. The minimum atomic E-state index is -0.954. The number of aliphatic carboxylic acids is 1. The summed E-state index contributed by atoms with van der Waals surface area (Å²) in [7, 11) is 1.55. The summed E-state index contributed by atoms with van der Waals surface area (Å²) in [4.78, 5) is 18.0. The molecule has 210 valence electrons. The van der Waals surface area contributed by atoms with E-state index in [0.717, 1.165) is 11.8 Å². The number of carboxylic acids is 1. The van der Waals surface area contributed by atoms with Crippen molar-refractivity contribution in [2.75, 3.05) is 32.5 Å². The van der Waals surface area contributed by atoms with Gasteiger partial charge in [0.1, 0.15) is 23.2 Å². The van der Waals surface area contributed by atoms with Gasteiger partial charge in [0.25, 0.3) is 0 Å². The number of likely N-dealkylation sites (tertiary alicyclic amines) is 1. The van der Waals surface area contributed by atoms with E-state index in [9.17, 15) is 28.2 Å². The molecule has 1 aliphatic rings. The molecule has 3 aromatic rings. The van der Waals surface area contributed by atoms with Crippen LogP contribution >= 0.6 is 23.4 Å². The van der Waals surface area contributed by atoms with Gasteiger partial charge in [-0.05, 0) is 62.4 Å². The van der Waals surface area contributed by atoms with Crippen LogP contribution < -0.4 is 4.74 Å². The fourth-order valence-corrected chi connectivity index (χ4v) is 6.48. The molecule has 0 radical (unpaired) electrons. The number of pyridine rings is 1. The Bertz CT molecular complexity index is 1310. The van der Waals surface area contributed by atoms with Gasteiger partial charge in [0.05, 0.1) is 35.1 Å². The van der Waals surface area contributed by atoms with E-state index in [4.69, 9.17) is 16.3 Å². The van der Waals surface area contributed by atoms with Crippen LogP contribution in [0, 0.1) is 22.9 Å². The lowest BCUT2D eigenvalue weighted by Gasteiger charge is -2.41. The highest BCUT2D eigenvalue weighted by molar-refractivity contribution is 7.99. The third-order valence-corrected chi connectivity index (χ3v) is 8.78. The summed E-state index contributed by atoms with van der Waals surface area (Å²) in [6.07, 6.45) is 2.58. The fraction of sp³-hybridized carbons (Fsp3) is 0.429. The summed E-state index contributed by atoms with van der Waals surface area (Å²) in [5.74, 6) is -2.68. The molecular weight excluding hydrogens is 553 g/mol. The highest BCUT2D eigenvalue weighted by atomic mass is 35.5. The Morgan fingerprint density at radius 2 is 1.90 bits per heavy atom. The number of nitrogens with zero attached hydrogens (tertiary/aromatic N) is 2. The van der Waals surface area contributed by atoms with E-state index >= 15 is 0 Å². The van der Waals surface area contributed by atoms with Gasteiger partial charge in [-0.25, -0.2) is 13.2 Å². The normalized spacial score (nSPS) is 16.4. The van der Waals surface area contributed by atoms with E-state index in [0.29, 0.717) is 90.4 Å². The summed E-state index contributed by atoms with van der Waals surface area (Å²) >= 11 is 7.43. The molecule has 39 heavy (non-hydrogen) atoms. The first-order valence-corrected chi connectivity index (χ1v) is 14.0. The van der Waals surface area contributed by atoms with Gasteiger partial charge in [-0.1, -0.05) is 11.6 Å². The van der Waals surface area contributed by atoms with E-state index in [-0.39, 0.29) is 11.3 Å². The third kappa shape index (κ3) is 7.16. The van der Waals surface area contributed by atoms with Crippen molar-refractivity contribution >= 4 is 40.2 Å². The van der Waals surface area contributed by atoms with Gasteiger partial charge >= 0.3 is 5.97 Å². The Morgan fingerprint density at radius 1 is 1.21 bits per heavy atom. The monoisotopic (exact) mass is 582 g/mol. The van der Waals surface area contributed by atoms with Gasteiger partial charge in [0, 0.05) is 41.6 Å². The van der Waals surface area contributed by atoms with Gasteiger partial charge in [-0.2, -0.15) is 0 Å². The highest BCUT2D eigenvalue weighted by Gasteiger charge is 2.37. The van der Waals surface area contributed by atoms with Crippen LogP contribution in [0.15, 0.2) is 41.4 Å². The fourth-order valence-electron chi connectivity index (χ4n) is 5.25. The molecule has 1 aliphatic heterocycles. The Morgan fingerprint density at radius 3 is 2.54 bits per heavy atom. The number of thioether (sulfide) groups is 1. The number of fused-ring (bicyclic) bond motifs is 1. The molecule has 0 spiro atoms. The molecule has 2 N–H and O–H groups in total. The number of ether oxygens (including phenoxy) is 1. The van der Waals surface area contributed by atoms with Crippen molar-refractivity contribution in [3.63, 3.8) is 0 Å². The first kappa shape index (κ1) is 29.5. The van der Waals surface area contributed by atoms with Crippen LogP contribution in [-0.4, -0.2) is 58.6 Å². The predicted octanol–water partition coefficient (Wildman–Crippen LogP) is 6.48. The molecule has 2 heterocycles. The molecule has 1 atom stereocenters. The number of hydrogen-bond donors (Lipinski definition) is 2. The van der Waals surface area contributed by atoms with E-state index < -0.39 is 34.9 Å². The lowest BCUT2D eigenvalue weighted by Crippen LogP contribution is -2.42. The first-order valence-electron chi connectivity index (χ1n) is 12.6. The second-order valence-electron chi connectivity index (χ2n) is 9.92. The van der Waals surface area contributed by atoms with Crippen LogP contribution in [0.3, 0.4) is 0 Å². The van der Waals surface area contributed by atoms with Crippen LogP contribution in [0.5, 0.6) is 5.75 Å². The zero-order chi connectivity index (χ0) is 28.2. The zero-order valence-corrected chi connectivity index (χ0v) is 23.0. The summed E-state index contributed by atoms with van der Waals surface area (Å²) < 4.78 is 46.3.